The predicted octanol–water partition coefficient (Wildman–Crippen LogP) is 6.15. The van der Waals surface area contributed by atoms with Crippen molar-refractivity contribution in [2.24, 2.45) is 5.41 Å². The molecule has 0 spiro atoms. The second-order valence-electron chi connectivity index (χ2n) is 12.1. The number of carbonyl (C=O) groups excluding carboxylic acids is 2. The van der Waals surface area contributed by atoms with Crippen LogP contribution in [0.1, 0.15) is 49.7 Å². The van der Waals surface area contributed by atoms with Gasteiger partial charge >= 0.3 is 6.09 Å². The molecular weight excluding hydrogens is 623 g/mol. The number of anilines is 2. The average molecular weight is 657 g/mol. The summed E-state index contributed by atoms with van der Waals surface area (Å²) in [5, 5.41) is 29.4. The van der Waals surface area contributed by atoms with Gasteiger partial charge in [-0.3, -0.25) is 14.5 Å². The van der Waals surface area contributed by atoms with Crippen LogP contribution < -0.4 is 15.4 Å². The van der Waals surface area contributed by atoms with E-state index in [1.54, 1.807) is 30.3 Å². The van der Waals surface area contributed by atoms with Gasteiger partial charge in [-0.15, -0.1) is 0 Å². The van der Waals surface area contributed by atoms with Crippen LogP contribution in [0.15, 0.2) is 65.3 Å². The molecule has 3 N–H and O–H groups in total. The molecule has 0 aliphatic carbocycles. The average Bonchev–Trinajstić information content (AvgIpc) is 3.75. The number of nitrogens with one attached hydrogen (secondary N) is 2. The Balaban J connectivity index is 1.62. The van der Waals surface area contributed by atoms with Crippen LogP contribution in [0.4, 0.5) is 20.7 Å². The highest BCUT2D eigenvalue weighted by Crippen LogP contribution is 2.45. The Morgan fingerprint density at radius 2 is 1.92 bits per heavy atom. The zero-order valence-electron chi connectivity index (χ0n) is 26.7. The zero-order chi connectivity index (χ0) is 34.6. The van der Waals surface area contributed by atoms with E-state index < -0.39 is 34.7 Å². The van der Waals surface area contributed by atoms with Gasteiger partial charge in [0.25, 0.3) is 11.8 Å². The number of carboxylic acid groups (broad SMARTS) is 1. The normalized spacial score (nSPS) is 15.9. The summed E-state index contributed by atoms with van der Waals surface area (Å²) in [6.07, 6.45) is 0.992. The van der Waals surface area contributed by atoms with Crippen molar-refractivity contribution in [1.29, 1.82) is 5.26 Å². The number of hydrogen-bond donors (Lipinski definition) is 3. The van der Waals surface area contributed by atoms with Crippen molar-refractivity contribution in [3.63, 3.8) is 0 Å². The number of nitrogens with zero attached hydrogens (tertiary/aromatic N) is 4. The monoisotopic (exact) mass is 656 g/mol. The Hall–Kier alpha value is -5.81. The quantitative estimate of drug-likeness (QED) is 0.177. The Morgan fingerprint density at radius 1 is 1.12 bits per heavy atom. The summed E-state index contributed by atoms with van der Waals surface area (Å²) in [7, 11) is 1.41. The number of likely N-dealkylation sites (tertiary alicyclic amines) is 1. The molecule has 1 aliphatic rings. The second-order valence-corrected chi connectivity index (χ2v) is 12.1. The smallest absolute Gasteiger partial charge is 0.408 e. The molecule has 1 atom stereocenters. The van der Waals surface area contributed by atoms with Crippen LogP contribution in [0.5, 0.6) is 5.75 Å². The van der Waals surface area contributed by atoms with E-state index in [0.717, 1.165) is 6.07 Å². The molecule has 0 unspecified atom stereocenters. The summed E-state index contributed by atoms with van der Waals surface area (Å²) < 4.78 is 29.8. The maximum absolute atomic E-state index is 14.3. The number of pyridine rings is 1. The molecule has 14 heteroatoms. The van der Waals surface area contributed by atoms with E-state index in [2.05, 4.69) is 26.8 Å². The molecular formula is C34H33FN6O7. The first kappa shape index (κ1) is 33.6. The van der Waals surface area contributed by atoms with Crippen LogP contribution in [0.3, 0.4) is 0 Å². The number of halogens is 1. The highest BCUT2D eigenvalue weighted by molar-refractivity contribution is 6.04. The molecule has 2 aromatic carbocycles. The summed E-state index contributed by atoms with van der Waals surface area (Å²) in [6, 6.07) is 15.5. The number of hydrogen-bond acceptors (Lipinski definition) is 9. The third-order valence-corrected chi connectivity index (χ3v) is 8.24. The standard InChI is InChI=1S/C34H33FN6O7/c1-33(2,3)34(12-6-14-41(34)32(44)45)31(43)38-22-8-5-7-20(15-22)24-17-26(23-10-9-21(35)16-28(23)47-19-46-4)39-29(25(24)18-36)40-30(42)27-11-13-37-48-27/h5,7-11,13,15-17H,6,12,14,19H2,1-4H3,(H,38,43)(H,44,45)(H,39,40,42)/t34-/m0/s1. The van der Waals surface area contributed by atoms with Gasteiger partial charge in [-0.25, -0.2) is 14.2 Å². The summed E-state index contributed by atoms with van der Waals surface area (Å²) >= 11 is 0. The maximum atomic E-state index is 14.3. The van der Waals surface area contributed by atoms with Gasteiger partial charge in [-0.1, -0.05) is 38.1 Å². The number of benzene rings is 2. The van der Waals surface area contributed by atoms with E-state index in [-0.39, 0.29) is 41.9 Å². The molecule has 4 aromatic rings. The van der Waals surface area contributed by atoms with Crippen LogP contribution in [-0.4, -0.2) is 64.0 Å². The molecule has 3 heterocycles. The highest BCUT2D eigenvalue weighted by Gasteiger charge is 2.57. The van der Waals surface area contributed by atoms with Crippen molar-refractivity contribution in [2.45, 2.75) is 39.2 Å². The Morgan fingerprint density at radius 3 is 2.58 bits per heavy atom. The van der Waals surface area contributed by atoms with E-state index in [4.69, 9.17) is 14.0 Å². The Bertz CT molecular complexity index is 1900. The van der Waals surface area contributed by atoms with Gasteiger partial charge in [0.15, 0.2) is 12.6 Å². The lowest BCUT2D eigenvalue weighted by Crippen LogP contribution is -2.62. The van der Waals surface area contributed by atoms with Crippen LogP contribution in [0, 0.1) is 22.6 Å². The molecule has 13 nitrogen and oxygen atoms in total. The van der Waals surface area contributed by atoms with Gasteiger partial charge in [-0.05, 0) is 54.2 Å². The molecule has 1 fully saturated rings. The summed E-state index contributed by atoms with van der Waals surface area (Å²) in [6.45, 7) is 5.53. The number of amides is 3. The van der Waals surface area contributed by atoms with Crippen LogP contribution >= 0.6 is 0 Å². The topological polar surface area (TPSA) is 180 Å². The van der Waals surface area contributed by atoms with Crippen LogP contribution in [0.25, 0.3) is 22.4 Å². The third-order valence-electron chi connectivity index (χ3n) is 8.24. The summed E-state index contributed by atoms with van der Waals surface area (Å²) in [5.41, 5.74) is -0.410. The molecule has 0 radical (unpaired) electrons. The Labute approximate surface area is 275 Å². The molecule has 1 saturated heterocycles. The second kappa shape index (κ2) is 13.5. The first-order chi connectivity index (χ1) is 22.9. The van der Waals surface area contributed by atoms with Gasteiger partial charge in [-0.2, -0.15) is 5.26 Å². The molecule has 5 rings (SSSR count). The molecule has 248 valence electrons. The van der Waals surface area contributed by atoms with Gasteiger partial charge in [0.05, 0.1) is 11.9 Å². The van der Waals surface area contributed by atoms with E-state index in [0.29, 0.717) is 35.2 Å². The maximum Gasteiger partial charge on any atom is 0.408 e. The fraction of sp³-hybridized carbons (Fsp3) is 0.294. The first-order valence-corrected chi connectivity index (χ1v) is 14.9. The summed E-state index contributed by atoms with van der Waals surface area (Å²) in [5.74, 6) is -1.92. The number of nitriles is 1. The lowest BCUT2D eigenvalue weighted by Gasteiger charge is -2.45. The van der Waals surface area contributed by atoms with E-state index in [9.17, 15) is 29.1 Å². The minimum atomic E-state index is -1.32. The minimum absolute atomic E-state index is 0.0180. The number of methoxy groups -OCH3 is 1. The van der Waals surface area contributed by atoms with Crippen molar-refractivity contribution in [3.05, 3.63) is 77.9 Å². The minimum Gasteiger partial charge on any atom is -0.467 e. The van der Waals surface area contributed by atoms with Gasteiger partial charge in [0.1, 0.15) is 28.7 Å². The molecule has 0 bridgehead atoms. The van der Waals surface area contributed by atoms with Crippen molar-refractivity contribution in [1.82, 2.24) is 15.0 Å². The number of carbonyl (C=O) groups is 3. The van der Waals surface area contributed by atoms with E-state index >= 15 is 0 Å². The fourth-order valence-corrected chi connectivity index (χ4v) is 6.00. The third kappa shape index (κ3) is 6.40. The van der Waals surface area contributed by atoms with Crippen molar-refractivity contribution >= 4 is 29.4 Å². The van der Waals surface area contributed by atoms with Crippen LogP contribution in [-0.2, 0) is 9.53 Å². The molecule has 1 aliphatic heterocycles. The van der Waals surface area contributed by atoms with Crippen molar-refractivity contribution in [2.75, 3.05) is 31.1 Å². The van der Waals surface area contributed by atoms with Crippen LogP contribution in [0.2, 0.25) is 0 Å². The van der Waals surface area contributed by atoms with Gasteiger partial charge in [0.2, 0.25) is 5.76 Å². The zero-order valence-corrected chi connectivity index (χ0v) is 26.7. The number of aromatic nitrogens is 2. The van der Waals surface area contributed by atoms with Gasteiger partial charge in [0, 0.05) is 42.6 Å². The highest BCUT2D eigenvalue weighted by atomic mass is 19.1. The SMILES string of the molecule is COCOc1cc(F)ccc1-c1cc(-c2cccc(NC(=O)[C@]3(C(C)(C)C)CCCN3C(=O)O)c2)c(C#N)c(NC(=O)c2ccno2)n1. The van der Waals surface area contributed by atoms with E-state index in [1.165, 1.54) is 36.4 Å². The Kier molecular flexibility index (Phi) is 9.44. The lowest BCUT2D eigenvalue weighted by atomic mass is 9.71. The van der Waals surface area contributed by atoms with E-state index in [1.807, 2.05) is 20.8 Å². The van der Waals surface area contributed by atoms with Crippen molar-refractivity contribution < 1.29 is 37.9 Å². The predicted molar refractivity (Wildman–Crippen MR) is 172 cm³/mol. The molecule has 3 amide bonds. The summed E-state index contributed by atoms with van der Waals surface area (Å²) in [4.78, 5) is 44.9. The lowest BCUT2D eigenvalue weighted by molar-refractivity contribution is -0.131. The first-order valence-electron chi connectivity index (χ1n) is 14.9. The number of rotatable bonds is 9. The molecule has 48 heavy (non-hydrogen) atoms. The number of ether oxygens (including phenoxy) is 2. The molecule has 0 saturated carbocycles. The van der Waals surface area contributed by atoms with Crippen molar-refractivity contribution in [3.8, 4) is 34.2 Å². The fourth-order valence-electron chi connectivity index (χ4n) is 6.00. The molecule has 2 aromatic heterocycles. The largest absolute Gasteiger partial charge is 0.467 e. The van der Waals surface area contributed by atoms with Gasteiger partial charge < -0.3 is 29.7 Å².